The molecule has 0 radical (unpaired) electrons. The largest absolute Gasteiger partial charge is 0.756 e. The molecular weight excluding hydrogens is 948 g/mol. The Kier molecular flexibility index (Phi) is 56.4. The van der Waals surface area contributed by atoms with Gasteiger partial charge >= 0.3 is 0 Å². The number of phosphoric acid groups is 1. The molecule has 0 aromatic heterocycles. The Balaban J connectivity index is 4.07. The average Bonchev–Trinajstić information content (AvgIpc) is 3.37. The van der Waals surface area contributed by atoms with Crippen molar-refractivity contribution >= 4 is 13.7 Å². The van der Waals surface area contributed by atoms with Gasteiger partial charge < -0.3 is 28.8 Å². The molecular formula is C66H129N2O6P. The number of carbonyl (C=O) groups excluding carboxylic acids is 1. The number of nitrogens with one attached hydrogen (secondary N) is 1. The third-order valence-corrected chi connectivity index (χ3v) is 16.1. The van der Waals surface area contributed by atoms with Gasteiger partial charge in [0.15, 0.2) is 0 Å². The topological polar surface area (TPSA) is 108 Å². The zero-order valence-corrected chi connectivity index (χ0v) is 51.7. The van der Waals surface area contributed by atoms with E-state index in [1.165, 1.54) is 244 Å². The van der Waals surface area contributed by atoms with E-state index in [-0.39, 0.29) is 19.1 Å². The lowest BCUT2D eigenvalue weighted by Gasteiger charge is -2.30. The van der Waals surface area contributed by atoms with Crippen molar-refractivity contribution in [2.24, 2.45) is 0 Å². The lowest BCUT2D eigenvalue weighted by molar-refractivity contribution is -0.870. The predicted molar refractivity (Wildman–Crippen MR) is 325 cm³/mol. The number of likely N-dealkylation sites (N-methyl/N-ethyl adjacent to an activating group) is 1. The molecule has 2 N–H and O–H groups in total. The van der Waals surface area contributed by atoms with E-state index in [1.54, 1.807) is 0 Å². The first kappa shape index (κ1) is 73.7. The third kappa shape index (κ3) is 60.2. The van der Waals surface area contributed by atoms with Crippen LogP contribution in [0.5, 0.6) is 0 Å². The van der Waals surface area contributed by atoms with E-state index in [1.807, 2.05) is 21.1 Å². The van der Waals surface area contributed by atoms with Crippen molar-refractivity contribution in [3.63, 3.8) is 0 Å². The summed E-state index contributed by atoms with van der Waals surface area (Å²) < 4.78 is 23.5. The zero-order chi connectivity index (χ0) is 54.9. The maximum Gasteiger partial charge on any atom is 0.268 e. The van der Waals surface area contributed by atoms with E-state index in [2.05, 4.69) is 55.6 Å². The molecule has 1 amide bonds. The van der Waals surface area contributed by atoms with Gasteiger partial charge in [-0.2, -0.15) is 0 Å². The number of unbranched alkanes of at least 4 members (excludes halogenated alkanes) is 42. The summed E-state index contributed by atoms with van der Waals surface area (Å²) >= 11 is 0. The first-order chi connectivity index (χ1) is 36.5. The average molecular weight is 1080 g/mol. The molecule has 0 spiro atoms. The van der Waals surface area contributed by atoms with Crippen LogP contribution in [0.25, 0.3) is 0 Å². The normalized spacial score (nSPS) is 14.0. The van der Waals surface area contributed by atoms with E-state index < -0.39 is 20.0 Å². The van der Waals surface area contributed by atoms with Crippen molar-refractivity contribution < 1.29 is 32.9 Å². The Hall–Kier alpha value is -1.28. The van der Waals surface area contributed by atoms with Gasteiger partial charge in [0.1, 0.15) is 13.2 Å². The highest BCUT2D eigenvalue weighted by Gasteiger charge is 2.24. The van der Waals surface area contributed by atoms with Crippen LogP contribution in [0, 0.1) is 0 Å². The van der Waals surface area contributed by atoms with E-state index >= 15 is 0 Å². The molecule has 0 heterocycles. The predicted octanol–water partition coefficient (Wildman–Crippen LogP) is 19.9. The first-order valence-electron chi connectivity index (χ1n) is 32.8. The van der Waals surface area contributed by atoms with Gasteiger partial charge in [-0.25, -0.2) is 0 Å². The summed E-state index contributed by atoms with van der Waals surface area (Å²) in [5.74, 6) is -0.168. The molecule has 0 fully saturated rings. The lowest BCUT2D eigenvalue weighted by Crippen LogP contribution is -2.46. The second-order valence-corrected chi connectivity index (χ2v) is 25.2. The number of aliphatic hydroxyl groups is 1. The monoisotopic (exact) mass is 1080 g/mol. The van der Waals surface area contributed by atoms with E-state index in [0.717, 1.165) is 57.8 Å². The second-order valence-electron chi connectivity index (χ2n) is 23.8. The maximum atomic E-state index is 13.0. The molecule has 0 aromatic carbocycles. The van der Waals surface area contributed by atoms with Gasteiger partial charge in [-0.15, -0.1) is 0 Å². The number of rotatable bonds is 61. The van der Waals surface area contributed by atoms with Crippen molar-refractivity contribution in [2.75, 3.05) is 40.9 Å². The number of amides is 1. The zero-order valence-electron chi connectivity index (χ0n) is 50.8. The van der Waals surface area contributed by atoms with E-state index in [4.69, 9.17) is 9.05 Å². The molecule has 0 aliphatic heterocycles. The number of phosphoric ester groups is 1. The third-order valence-electron chi connectivity index (χ3n) is 15.1. The number of carbonyl (C=O) groups is 1. The number of hydrogen-bond donors (Lipinski definition) is 2. The molecule has 0 aromatic rings. The van der Waals surface area contributed by atoms with E-state index in [9.17, 15) is 19.4 Å². The number of nitrogens with zero attached hydrogens (tertiary/aromatic N) is 1. The van der Waals surface area contributed by atoms with Crippen molar-refractivity contribution in [2.45, 2.75) is 341 Å². The van der Waals surface area contributed by atoms with Crippen LogP contribution in [0.2, 0.25) is 0 Å². The molecule has 0 aliphatic carbocycles. The van der Waals surface area contributed by atoms with E-state index in [0.29, 0.717) is 23.9 Å². The summed E-state index contributed by atoms with van der Waals surface area (Å²) in [6.07, 6.45) is 74.9. The lowest BCUT2D eigenvalue weighted by atomic mass is 10.0. The summed E-state index contributed by atoms with van der Waals surface area (Å²) in [5.41, 5.74) is 0. The number of aliphatic hydroxyl groups excluding tert-OH is 1. The molecule has 3 atom stereocenters. The van der Waals surface area contributed by atoms with Crippen LogP contribution in [-0.2, 0) is 18.4 Å². The standard InChI is InChI=1S/C66H129N2O6P/c1-6-8-10-12-14-16-18-20-22-24-26-28-30-31-32-33-34-35-36-38-39-41-43-45-47-49-51-53-55-57-59-65(69)64(63-74-75(71,72)73-62-61-68(3,4)5)67-66(70)60-58-56-54-52-50-48-46-44-42-40-37-29-27-25-23-21-19-17-15-13-11-9-7-2/h19,21,25,27,37,40,64-65,69H,6-18,20,22-24,26,28-36,38-39,41-63H2,1-5H3,(H-,67,70,71,72)/b21-19-,27-25-,40-37-. The molecule has 3 unspecified atom stereocenters. The minimum absolute atomic E-state index is 0.0108. The van der Waals surface area contributed by atoms with Crippen molar-refractivity contribution in [1.29, 1.82) is 0 Å². The maximum absolute atomic E-state index is 13.0. The molecule has 0 aliphatic rings. The minimum atomic E-state index is -4.58. The van der Waals surface area contributed by atoms with Crippen LogP contribution < -0.4 is 10.2 Å². The van der Waals surface area contributed by atoms with Crippen molar-refractivity contribution in [3.8, 4) is 0 Å². The smallest absolute Gasteiger partial charge is 0.268 e. The molecule has 75 heavy (non-hydrogen) atoms. The Morgan fingerprint density at radius 1 is 0.467 bits per heavy atom. The van der Waals surface area contributed by atoms with Gasteiger partial charge in [0.2, 0.25) is 5.91 Å². The van der Waals surface area contributed by atoms with Crippen LogP contribution in [-0.4, -0.2) is 68.5 Å². The van der Waals surface area contributed by atoms with Crippen LogP contribution in [0.15, 0.2) is 36.5 Å². The van der Waals surface area contributed by atoms with Gasteiger partial charge in [0.05, 0.1) is 39.9 Å². The first-order valence-corrected chi connectivity index (χ1v) is 34.3. The molecule has 9 heteroatoms. The Morgan fingerprint density at radius 3 is 1.12 bits per heavy atom. The number of hydrogen-bond acceptors (Lipinski definition) is 6. The Bertz CT molecular complexity index is 1320. The fourth-order valence-electron chi connectivity index (χ4n) is 9.99. The van der Waals surface area contributed by atoms with Gasteiger partial charge in [0.25, 0.3) is 7.82 Å². The van der Waals surface area contributed by atoms with Gasteiger partial charge in [-0.1, -0.05) is 307 Å². The van der Waals surface area contributed by atoms with Crippen LogP contribution in [0.3, 0.4) is 0 Å². The minimum Gasteiger partial charge on any atom is -0.756 e. The fourth-order valence-corrected chi connectivity index (χ4v) is 10.7. The Labute approximate surface area is 467 Å². The summed E-state index contributed by atoms with van der Waals surface area (Å²) in [6.45, 7) is 4.75. The molecule has 0 saturated carbocycles. The van der Waals surface area contributed by atoms with Crippen molar-refractivity contribution in [1.82, 2.24) is 5.32 Å². The summed E-state index contributed by atoms with van der Waals surface area (Å²) in [7, 11) is 1.31. The molecule has 0 bridgehead atoms. The second kappa shape index (κ2) is 57.4. The van der Waals surface area contributed by atoms with Crippen LogP contribution in [0.4, 0.5) is 0 Å². The summed E-state index contributed by atoms with van der Waals surface area (Å²) in [6, 6.07) is -0.807. The molecule has 444 valence electrons. The molecule has 8 nitrogen and oxygen atoms in total. The highest BCUT2D eigenvalue weighted by atomic mass is 31.2. The Morgan fingerprint density at radius 2 is 0.773 bits per heavy atom. The highest BCUT2D eigenvalue weighted by molar-refractivity contribution is 7.45. The summed E-state index contributed by atoms with van der Waals surface area (Å²) in [4.78, 5) is 25.6. The number of quaternary nitrogens is 1. The van der Waals surface area contributed by atoms with Gasteiger partial charge in [-0.05, 0) is 51.4 Å². The van der Waals surface area contributed by atoms with Crippen LogP contribution in [0.1, 0.15) is 328 Å². The highest BCUT2D eigenvalue weighted by Crippen LogP contribution is 2.38. The SMILES string of the molecule is CCCCCCC/C=C\C/C=C\C/C=C\CCCCCCCCCCC(=O)NC(COP(=O)([O-])OCC[N+](C)(C)C)C(O)CCCCCCCCCCCCCCCCCCCCCCCCCCCCCCCC. The number of allylic oxidation sites excluding steroid dienone is 6. The van der Waals surface area contributed by atoms with Crippen LogP contribution >= 0.6 is 7.82 Å². The van der Waals surface area contributed by atoms with Crippen molar-refractivity contribution in [3.05, 3.63) is 36.5 Å². The molecule has 0 saturated heterocycles. The summed E-state index contributed by atoms with van der Waals surface area (Å²) in [5, 5.41) is 14.1. The fraction of sp³-hybridized carbons (Fsp3) is 0.894. The molecule has 0 rings (SSSR count). The quantitative estimate of drug-likeness (QED) is 0.0272. The van der Waals surface area contributed by atoms with Gasteiger partial charge in [-0.3, -0.25) is 9.36 Å². The van der Waals surface area contributed by atoms with Gasteiger partial charge in [0, 0.05) is 6.42 Å².